The Morgan fingerprint density at radius 2 is 2.35 bits per heavy atom. The zero-order valence-electron chi connectivity index (χ0n) is 8.85. The lowest BCUT2D eigenvalue weighted by Gasteiger charge is -2.04. The molecule has 0 radical (unpaired) electrons. The predicted molar refractivity (Wildman–Crippen MR) is 71.0 cm³/mol. The van der Waals surface area contributed by atoms with E-state index in [9.17, 15) is 0 Å². The van der Waals surface area contributed by atoms with Gasteiger partial charge in [-0.3, -0.25) is 0 Å². The van der Waals surface area contributed by atoms with E-state index >= 15 is 0 Å². The van der Waals surface area contributed by atoms with Crippen LogP contribution in [0.1, 0.15) is 12.7 Å². The summed E-state index contributed by atoms with van der Waals surface area (Å²) < 4.78 is 5.79. The number of hydrazine groups is 1. The van der Waals surface area contributed by atoms with E-state index in [0.717, 1.165) is 26.1 Å². The standard InChI is InChI=1S/C8H9BrN6S2/c1-2-4-13-8(17-15-4)16-7-5(9)6(14-10)11-3-12-7/h3H,2,10H2,1H3,(H,11,12,14). The first kappa shape index (κ1) is 12.7. The van der Waals surface area contributed by atoms with Crippen LogP contribution in [0.4, 0.5) is 5.82 Å². The van der Waals surface area contributed by atoms with Gasteiger partial charge in [0.15, 0.2) is 10.2 Å². The average Bonchev–Trinajstić information content (AvgIpc) is 2.79. The maximum absolute atomic E-state index is 5.33. The van der Waals surface area contributed by atoms with Crippen molar-refractivity contribution in [3.63, 3.8) is 0 Å². The van der Waals surface area contributed by atoms with Gasteiger partial charge in [0, 0.05) is 6.42 Å². The predicted octanol–water partition coefficient (Wildman–Crippen LogP) is 2.09. The molecule has 0 aliphatic heterocycles. The van der Waals surface area contributed by atoms with Gasteiger partial charge >= 0.3 is 0 Å². The summed E-state index contributed by atoms with van der Waals surface area (Å²) in [6.07, 6.45) is 2.28. The van der Waals surface area contributed by atoms with Gasteiger partial charge in [0.2, 0.25) is 0 Å². The Bertz CT molecular complexity index is 516. The summed E-state index contributed by atoms with van der Waals surface area (Å²) >= 11 is 6.18. The molecule has 0 aliphatic rings. The first-order valence-corrected chi connectivity index (χ1v) is 7.10. The maximum atomic E-state index is 5.33. The van der Waals surface area contributed by atoms with E-state index in [0.29, 0.717) is 5.82 Å². The lowest BCUT2D eigenvalue weighted by Crippen LogP contribution is -2.09. The van der Waals surface area contributed by atoms with Crippen molar-refractivity contribution < 1.29 is 0 Å². The topological polar surface area (TPSA) is 89.6 Å². The first-order valence-electron chi connectivity index (χ1n) is 4.72. The molecule has 0 aliphatic carbocycles. The van der Waals surface area contributed by atoms with Crippen molar-refractivity contribution in [3.8, 4) is 0 Å². The highest BCUT2D eigenvalue weighted by Gasteiger charge is 2.12. The second-order valence-corrected chi connectivity index (χ2v) is 5.70. The molecule has 0 spiro atoms. The van der Waals surface area contributed by atoms with Crippen LogP contribution >= 0.6 is 39.2 Å². The molecule has 2 heterocycles. The normalized spacial score (nSPS) is 10.5. The number of nitrogens with zero attached hydrogens (tertiary/aromatic N) is 4. The Kier molecular flexibility index (Phi) is 4.26. The van der Waals surface area contributed by atoms with Crippen LogP contribution in [0.25, 0.3) is 0 Å². The molecule has 0 saturated heterocycles. The smallest absolute Gasteiger partial charge is 0.176 e. The van der Waals surface area contributed by atoms with Gasteiger partial charge in [-0.05, 0) is 39.2 Å². The molecule has 0 amide bonds. The van der Waals surface area contributed by atoms with Crippen LogP contribution in [-0.4, -0.2) is 19.3 Å². The number of aryl methyl sites for hydroxylation is 1. The summed E-state index contributed by atoms with van der Waals surface area (Å²) in [5.74, 6) is 6.72. The average molecular weight is 333 g/mol. The number of aromatic nitrogens is 4. The summed E-state index contributed by atoms with van der Waals surface area (Å²) in [6, 6.07) is 0. The second-order valence-electron chi connectivity index (χ2n) is 2.92. The highest BCUT2D eigenvalue weighted by atomic mass is 79.9. The van der Waals surface area contributed by atoms with E-state index in [4.69, 9.17) is 5.84 Å². The lowest BCUT2D eigenvalue weighted by molar-refractivity contribution is 0.967. The largest absolute Gasteiger partial charge is 0.307 e. The third kappa shape index (κ3) is 2.92. The van der Waals surface area contributed by atoms with Crippen LogP contribution in [0.3, 0.4) is 0 Å². The maximum Gasteiger partial charge on any atom is 0.176 e. The van der Waals surface area contributed by atoms with Gasteiger partial charge in [-0.25, -0.2) is 20.8 Å². The van der Waals surface area contributed by atoms with E-state index in [1.807, 2.05) is 6.92 Å². The molecule has 9 heteroatoms. The number of halogens is 1. The summed E-state index contributed by atoms with van der Waals surface area (Å²) in [4.78, 5) is 12.5. The molecule has 17 heavy (non-hydrogen) atoms. The highest BCUT2D eigenvalue weighted by Crippen LogP contribution is 2.35. The molecule has 0 atom stereocenters. The van der Waals surface area contributed by atoms with Crippen molar-refractivity contribution in [3.05, 3.63) is 16.6 Å². The van der Waals surface area contributed by atoms with Crippen LogP contribution in [0, 0.1) is 0 Å². The molecule has 0 fully saturated rings. The molecule has 0 saturated carbocycles. The number of nitrogens with two attached hydrogens (primary N) is 1. The Labute approximate surface area is 115 Å². The van der Waals surface area contributed by atoms with E-state index in [-0.39, 0.29) is 0 Å². The summed E-state index contributed by atoms with van der Waals surface area (Å²) in [5, 5.41) is 0.756. The van der Waals surface area contributed by atoms with E-state index < -0.39 is 0 Å². The Hall–Kier alpha value is -0.770. The van der Waals surface area contributed by atoms with Crippen molar-refractivity contribution in [2.75, 3.05) is 5.43 Å². The van der Waals surface area contributed by atoms with E-state index in [1.54, 1.807) is 0 Å². The van der Waals surface area contributed by atoms with Crippen molar-refractivity contribution in [2.24, 2.45) is 5.84 Å². The minimum Gasteiger partial charge on any atom is -0.307 e. The summed E-state index contributed by atoms with van der Waals surface area (Å²) in [5.41, 5.74) is 2.49. The number of nitrogen functional groups attached to an aromatic ring is 1. The van der Waals surface area contributed by atoms with Crippen LogP contribution in [0.2, 0.25) is 0 Å². The SMILES string of the molecule is CCc1nsc(Sc2ncnc(NN)c2Br)n1. The minimum absolute atomic E-state index is 0.544. The first-order chi connectivity index (χ1) is 8.24. The number of anilines is 1. The zero-order valence-corrected chi connectivity index (χ0v) is 12.1. The van der Waals surface area contributed by atoms with Crippen molar-refractivity contribution in [1.82, 2.24) is 19.3 Å². The van der Waals surface area contributed by atoms with Gasteiger partial charge < -0.3 is 5.43 Å². The third-order valence-corrected chi connectivity index (χ3v) is 4.65. The number of rotatable bonds is 4. The zero-order chi connectivity index (χ0) is 12.3. The molecular formula is C8H9BrN6S2. The molecule has 0 bridgehead atoms. The monoisotopic (exact) mass is 332 g/mol. The van der Waals surface area contributed by atoms with Crippen LogP contribution in [0.15, 0.2) is 20.2 Å². The second kappa shape index (κ2) is 5.71. The molecule has 90 valence electrons. The fraction of sp³-hybridized carbons (Fsp3) is 0.250. The fourth-order valence-electron chi connectivity index (χ4n) is 1.03. The number of nitrogens with one attached hydrogen (secondary N) is 1. The molecule has 3 N–H and O–H groups in total. The van der Waals surface area contributed by atoms with Gasteiger partial charge in [-0.15, -0.1) is 0 Å². The minimum atomic E-state index is 0.544. The number of hydrogen-bond acceptors (Lipinski definition) is 8. The molecule has 2 aromatic rings. The van der Waals surface area contributed by atoms with Crippen molar-refractivity contribution >= 4 is 45.0 Å². The van der Waals surface area contributed by atoms with E-state index in [2.05, 4.69) is 40.7 Å². The van der Waals surface area contributed by atoms with Gasteiger partial charge in [-0.1, -0.05) is 6.92 Å². The van der Waals surface area contributed by atoms with Crippen LogP contribution in [0.5, 0.6) is 0 Å². The fourth-order valence-corrected chi connectivity index (χ4v) is 3.19. The number of hydrogen-bond donors (Lipinski definition) is 2. The molecular weight excluding hydrogens is 324 g/mol. The molecule has 2 aromatic heterocycles. The van der Waals surface area contributed by atoms with Gasteiger partial charge in [0.25, 0.3) is 0 Å². The Balaban J connectivity index is 2.23. The highest BCUT2D eigenvalue weighted by molar-refractivity contribution is 9.10. The lowest BCUT2D eigenvalue weighted by atomic mass is 10.5. The Morgan fingerprint density at radius 3 is 3.00 bits per heavy atom. The molecule has 2 rings (SSSR count). The Morgan fingerprint density at radius 1 is 1.53 bits per heavy atom. The molecule has 0 unspecified atom stereocenters. The molecule has 6 nitrogen and oxygen atoms in total. The van der Waals surface area contributed by atoms with Crippen molar-refractivity contribution in [1.29, 1.82) is 0 Å². The van der Waals surface area contributed by atoms with Crippen LogP contribution in [-0.2, 0) is 6.42 Å². The van der Waals surface area contributed by atoms with Gasteiger partial charge in [-0.2, -0.15) is 4.37 Å². The van der Waals surface area contributed by atoms with Crippen LogP contribution < -0.4 is 11.3 Å². The van der Waals surface area contributed by atoms with E-state index in [1.165, 1.54) is 29.6 Å². The quantitative estimate of drug-likeness (QED) is 0.503. The third-order valence-electron chi connectivity index (χ3n) is 1.84. The van der Waals surface area contributed by atoms with Gasteiger partial charge in [0.1, 0.15) is 17.2 Å². The molecule has 0 aromatic carbocycles. The summed E-state index contributed by atoms with van der Waals surface area (Å²) in [6.45, 7) is 2.02. The van der Waals surface area contributed by atoms with Gasteiger partial charge in [0.05, 0.1) is 4.47 Å². The van der Waals surface area contributed by atoms with Crippen molar-refractivity contribution in [2.45, 2.75) is 22.7 Å². The summed E-state index contributed by atoms with van der Waals surface area (Å²) in [7, 11) is 0.